The highest BCUT2D eigenvalue weighted by Crippen LogP contribution is 2.43. The summed E-state index contributed by atoms with van der Waals surface area (Å²) in [4.78, 5) is 17.8. The second kappa shape index (κ2) is 5.58. The smallest absolute Gasteiger partial charge is 0.264 e. The molecular formula is C17H22N2OS. The number of fused-ring (bicyclic) bond motifs is 2. The van der Waals surface area contributed by atoms with E-state index in [0.29, 0.717) is 0 Å². The number of allylic oxidation sites excluding steroid dienone is 2. The molecule has 0 N–H and O–H groups in total. The zero-order valence-corrected chi connectivity index (χ0v) is 13.1. The lowest BCUT2D eigenvalue weighted by molar-refractivity contribution is 0.0615. The number of piperazine rings is 1. The molecule has 1 aromatic rings. The molecule has 2 aliphatic carbocycles. The predicted octanol–water partition coefficient (Wildman–Crippen LogP) is 2.72. The van der Waals surface area contributed by atoms with Gasteiger partial charge in [-0.05, 0) is 42.0 Å². The molecule has 1 aromatic heterocycles. The van der Waals surface area contributed by atoms with E-state index in [1.54, 1.807) is 11.3 Å². The third-order valence-electron chi connectivity index (χ3n) is 5.30. The zero-order valence-electron chi connectivity index (χ0n) is 12.3. The van der Waals surface area contributed by atoms with Crippen LogP contribution in [0.2, 0.25) is 0 Å². The van der Waals surface area contributed by atoms with E-state index < -0.39 is 0 Å². The van der Waals surface area contributed by atoms with Gasteiger partial charge in [0.1, 0.15) is 0 Å². The van der Waals surface area contributed by atoms with Crippen LogP contribution < -0.4 is 0 Å². The topological polar surface area (TPSA) is 23.6 Å². The van der Waals surface area contributed by atoms with E-state index in [-0.39, 0.29) is 5.91 Å². The summed E-state index contributed by atoms with van der Waals surface area (Å²) < 4.78 is 0. The van der Waals surface area contributed by atoms with Gasteiger partial charge in [0.2, 0.25) is 0 Å². The maximum absolute atomic E-state index is 12.3. The second-order valence-electron chi connectivity index (χ2n) is 6.61. The maximum atomic E-state index is 12.3. The fourth-order valence-electron chi connectivity index (χ4n) is 4.13. The standard InChI is InChI=1S/C17H22N2OS/c20-17(16-2-1-9-21-16)19-7-5-18(6-8-19)12-15-11-13-3-4-14(15)10-13/h1-4,9,13-15H,5-8,10-12H2/t13-,14-,15-/m0/s1. The summed E-state index contributed by atoms with van der Waals surface area (Å²) in [6, 6.07) is 3.89. The Labute approximate surface area is 130 Å². The van der Waals surface area contributed by atoms with Crippen molar-refractivity contribution in [2.75, 3.05) is 32.7 Å². The van der Waals surface area contributed by atoms with E-state index in [1.165, 1.54) is 19.4 Å². The van der Waals surface area contributed by atoms with Crippen molar-refractivity contribution in [1.29, 1.82) is 0 Å². The average Bonchev–Trinajstić information content (AvgIpc) is 3.25. The third-order valence-corrected chi connectivity index (χ3v) is 6.16. The van der Waals surface area contributed by atoms with Gasteiger partial charge >= 0.3 is 0 Å². The lowest BCUT2D eigenvalue weighted by Gasteiger charge is -2.36. The Morgan fingerprint density at radius 1 is 1.19 bits per heavy atom. The molecule has 1 saturated carbocycles. The Bertz CT molecular complexity index is 531. The van der Waals surface area contributed by atoms with Crippen LogP contribution in [0, 0.1) is 17.8 Å². The molecule has 2 fully saturated rings. The molecule has 4 rings (SSSR count). The monoisotopic (exact) mass is 302 g/mol. The molecular weight excluding hydrogens is 280 g/mol. The van der Waals surface area contributed by atoms with Gasteiger partial charge in [-0.1, -0.05) is 18.2 Å². The Morgan fingerprint density at radius 2 is 2.05 bits per heavy atom. The minimum atomic E-state index is 0.215. The van der Waals surface area contributed by atoms with Crippen LogP contribution in [0.1, 0.15) is 22.5 Å². The fraction of sp³-hybridized carbons (Fsp3) is 0.588. The quantitative estimate of drug-likeness (QED) is 0.802. The van der Waals surface area contributed by atoms with Crippen molar-refractivity contribution in [3.63, 3.8) is 0 Å². The first kappa shape index (κ1) is 13.5. The van der Waals surface area contributed by atoms with Gasteiger partial charge in [0.05, 0.1) is 4.88 Å². The van der Waals surface area contributed by atoms with E-state index in [9.17, 15) is 4.79 Å². The maximum Gasteiger partial charge on any atom is 0.264 e. The van der Waals surface area contributed by atoms with E-state index in [1.807, 2.05) is 22.4 Å². The molecule has 0 radical (unpaired) electrons. The van der Waals surface area contributed by atoms with E-state index in [4.69, 9.17) is 0 Å². The Balaban J connectivity index is 1.29. The number of carbonyl (C=O) groups is 1. The predicted molar refractivity (Wildman–Crippen MR) is 85.5 cm³/mol. The van der Waals surface area contributed by atoms with Crippen molar-refractivity contribution in [2.24, 2.45) is 17.8 Å². The molecule has 112 valence electrons. The molecule has 0 spiro atoms. The number of hydrogen-bond acceptors (Lipinski definition) is 3. The summed E-state index contributed by atoms with van der Waals surface area (Å²) in [6.07, 6.45) is 7.63. The van der Waals surface area contributed by atoms with Gasteiger partial charge in [-0.2, -0.15) is 0 Å². The molecule has 1 saturated heterocycles. The van der Waals surface area contributed by atoms with Crippen LogP contribution in [0.4, 0.5) is 0 Å². The number of carbonyl (C=O) groups excluding carboxylic acids is 1. The Kier molecular flexibility index (Phi) is 3.59. The summed E-state index contributed by atoms with van der Waals surface area (Å²) >= 11 is 1.55. The summed E-state index contributed by atoms with van der Waals surface area (Å²) in [5.74, 6) is 2.77. The van der Waals surface area contributed by atoms with E-state index in [2.05, 4.69) is 17.1 Å². The lowest BCUT2D eigenvalue weighted by Crippen LogP contribution is -2.49. The van der Waals surface area contributed by atoms with Crippen LogP contribution in [0.5, 0.6) is 0 Å². The van der Waals surface area contributed by atoms with Gasteiger partial charge in [0.15, 0.2) is 0 Å². The van der Waals surface area contributed by atoms with Gasteiger partial charge in [-0.3, -0.25) is 9.69 Å². The van der Waals surface area contributed by atoms with E-state index in [0.717, 1.165) is 48.8 Å². The first-order valence-electron chi connectivity index (χ1n) is 8.03. The van der Waals surface area contributed by atoms with Gasteiger partial charge < -0.3 is 4.90 Å². The van der Waals surface area contributed by atoms with Crippen molar-refractivity contribution in [3.8, 4) is 0 Å². The minimum absolute atomic E-state index is 0.215. The van der Waals surface area contributed by atoms with Crippen molar-refractivity contribution in [1.82, 2.24) is 9.80 Å². The SMILES string of the molecule is O=C(c1cccs1)N1CCN(C[C@@H]2C[C@H]3C=C[C@H]2C3)CC1. The lowest BCUT2D eigenvalue weighted by atomic mass is 9.93. The van der Waals surface area contributed by atoms with Crippen LogP contribution in [0.25, 0.3) is 0 Å². The molecule has 3 aliphatic rings. The number of nitrogens with zero attached hydrogens (tertiary/aromatic N) is 2. The summed E-state index contributed by atoms with van der Waals surface area (Å²) in [5, 5.41) is 1.98. The van der Waals surface area contributed by atoms with Crippen LogP contribution in [0.15, 0.2) is 29.7 Å². The molecule has 1 amide bonds. The highest BCUT2D eigenvalue weighted by Gasteiger charge is 2.36. The fourth-order valence-corrected chi connectivity index (χ4v) is 4.82. The molecule has 1 aliphatic heterocycles. The molecule has 3 nitrogen and oxygen atoms in total. The van der Waals surface area contributed by atoms with Crippen LogP contribution in [-0.2, 0) is 0 Å². The molecule has 3 atom stereocenters. The first-order chi connectivity index (χ1) is 10.3. The van der Waals surface area contributed by atoms with Gasteiger partial charge in [0, 0.05) is 32.7 Å². The van der Waals surface area contributed by atoms with Crippen LogP contribution in [0.3, 0.4) is 0 Å². The molecule has 2 bridgehead atoms. The normalized spacial score (nSPS) is 32.0. The summed E-state index contributed by atoms with van der Waals surface area (Å²) in [5.41, 5.74) is 0. The summed E-state index contributed by atoms with van der Waals surface area (Å²) in [7, 11) is 0. The average molecular weight is 302 g/mol. The number of hydrogen-bond donors (Lipinski definition) is 0. The molecule has 4 heteroatoms. The van der Waals surface area contributed by atoms with E-state index >= 15 is 0 Å². The number of amides is 1. The van der Waals surface area contributed by atoms with Crippen molar-refractivity contribution < 1.29 is 4.79 Å². The molecule has 0 unspecified atom stereocenters. The van der Waals surface area contributed by atoms with Gasteiger partial charge in [0.25, 0.3) is 5.91 Å². The molecule has 2 heterocycles. The highest BCUT2D eigenvalue weighted by molar-refractivity contribution is 7.12. The Morgan fingerprint density at radius 3 is 2.67 bits per heavy atom. The first-order valence-corrected chi connectivity index (χ1v) is 8.91. The largest absolute Gasteiger partial charge is 0.335 e. The Hall–Kier alpha value is -1.13. The van der Waals surface area contributed by atoms with Gasteiger partial charge in [-0.25, -0.2) is 0 Å². The van der Waals surface area contributed by atoms with Crippen molar-refractivity contribution in [3.05, 3.63) is 34.5 Å². The number of thiophene rings is 1. The van der Waals surface area contributed by atoms with Crippen LogP contribution >= 0.6 is 11.3 Å². The van der Waals surface area contributed by atoms with Gasteiger partial charge in [-0.15, -0.1) is 11.3 Å². The third kappa shape index (κ3) is 2.67. The molecule has 21 heavy (non-hydrogen) atoms. The zero-order chi connectivity index (χ0) is 14.2. The number of rotatable bonds is 3. The van der Waals surface area contributed by atoms with Crippen molar-refractivity contribution >= 4 is 17.2 Å². The highest BCUT2D eigenvalue weighted by atomic mass is 32.1. The van der Waals surface area contributed by atoms with Crippen molar-refractivity contribution in [2.45, 2.75) is 12.8 Å². The molecule has 0 aromatic carbocycles. The minimum Gasteiger partial charge on any atom is -0.335 e. The van der Waals surface area contributed by atoms with Crippen LogP contribution in [-0.4, -0.2) is 48.4 Å². The summed E-state index contributed by atoms with van der Waals surface area (Å²) in [6.45, 7) is 5.07. The second-order valence-corrected chi connectivity index (χ2v) is 7.56.